The second-order valence-electron chi connectivity index (χ2n) is 13.8. The Morgan fingerprint density at radius 3 is 1.72 bits per heavy atom. The number of fused-ring (bicyclic) bond motifs is 4. The Balaban J connectivity index is 1.19. The normalized spacial score (nSPS) is 12.8. The predicted molar refractivity (Wildman–Crippen MR) is 213 cm³/mol. The first kappa shape index (κ1) is 29.9. The largest absolute Gasteiger partial charge is 0.310 e. The molecule has 0 saturated heterocycles. The molecule has 0 bridgehead atoms. The molecule has 1 aliphatic rings. The van der Waals surface area contributed by atoms with Crippen molar-refractivity contribution in [2.75, 3.05) is 4.90 Å². The molecule has 9 rings (SSSR count). The van der Waals surface area contributed by atoms with Crippen molar-refractivity contribution < 1.29 is 0 Å². The van der Waals surface area contributed by atoms with Crippen molar-refractivity contribution in [2.24, 2.45) is 0 Å². The number of rotatable bonds is 6. The van der Waals surface area contributed by atoms with E-state index >= 15 is 0 Å². The summed E-state index contributed by atoms with van der Waals surface area (Å²) in [5, 5.41) is 2.50. The first-order valence-electron chi connectivity index (χ1n) is 17.4. The summed E-state index contributed by atoms with van der Waals surface area (Å²) >= 11 is 0. The van der Waals surface area contributed by atoms with Crippen LogP contribution in [0.1, 0.15) is 25.0 Å². The molecular weight excluding hydrogens is 603 g/mol. The smallest absolute Gasteiger partial charge is 0.0540 e. The van der Waals surface area contributed by atoms with Gasteiger partial charge in [0.15, 0.2) is 0 Å². The third-order valence-electron chi connectivity index (χ3n) is 10.5. The van der Waals surface area contributed by atoms with Crippen LogP contribution < -0.4 is 4.90 Å². The zero-order valence-corrected chi connectivity index (χ0v) is 28.3. The van der Waals surface area contributed by atoms with Gasteiger partial charge in [-0.25, -0.2) is 0 Å². The van der Waals surface area contributed by atoms with Crippen LogP contribution in [0, 0.1) is 0 Å². The lowest BCUT2D eigenvalue weighted by Gasteiger charge is -2.30. The van der Waals surface area contributed by atoms with E-state index in [1.807, 2.05) is 0 Å². The van der Waals surface area contributed by atoms with E-state index in [2.05, 4.69) is 207 Å². The average Bonchev–Trinajstić information content (AvgIpc) is 3.41. The number of benzene rings is 8. The summed E-state index contributed by atoms with van der Waals surface area (Å²) in [6, 6.07) is 68.6. The fourth-order valence-electron chi connectivity index (χ4n) is 7.91. The highest BCUT2D eigenvalue weighted by atomic mass is 15.1. The summed E-state index contributed by atoms with van der Waals surface area (Å²) in [5.74, 6) is 0. The molecule has 0 N–H and O–H groups in total. The van der Waals surface area contributed by atoms with E-state index in [1.54, 1.807) is 0 Å². The van der Waals surface area contributed by atoms with Gasteiger partial charge >= 0.3 is 0 Å². The minimum absolute atomic E-state index is 0.0939. The zero-order valence-electron chi connectivity index (χ0n) is 28.3. The molecule has 8 aromatic carbocycles. The summed E-state index contributed by atoms with van der Waals surface area (Å²) < 4.78 is 0. The zero-order chi connectivity index (χ0) is 33.7. The highest BCUT2D eigenvalue weighted by Crippen LogP contribution is 2.51. The Hall–Kier alpha value is -6.18. The summed E-state index contributed by atoms with van der Waals surface area (Å²) in [7, 11) is 0. The Kier molecular flexibility index (Phi) is 7.21. The van der Waals surface area contributed by atoms with Crippen LogP contribution in [-0.2, 0) is 5.41 Å². The van der Waals surface area contributed by atoms with Gasteiger partial charge in [-0.3, -0.25) is 0 Å². The molecule has 1 aliphatic carbocycles. The maximum atomic E-state index is 2.43. The lowest BCUT2D eigenvalue weighted by atomic mass is 9.82. The molecule has 1 nitrogen and oxygen atoms in total. The fourth-order valence-corrected chi connectivity index (χ4v) is 7.91. The Morgan fingerprint density at radius 2 is 0.940 bits per heavy atom. The topological polar surface area (TPSA) is 3.24 Å². The summed E-state index contributed by atoms with van der Waals surface area (Å²) in [6.45, 7) is 4.71. The highest BCUT2D eigenvalue weighted by molar-refractivity contribution is 5.99. The van der Waals surface area contributed by atoms with Crippen LogP contribution in [0.5, 0.6) is 0 Å². The van der Waals surface area contributed by atoms with E-state index < -0.39 is 0 Å². The van der Waals surface area contributed by atoms with Crippen molar-refractivity contribution in [3.63, 3.8) is 0 Å². The SMILES string of the molecule is CC1(C)c2ccccc2-c2ccc(N(c3ccc(-c4cccc5ccc(-c6ccccc6)cc45)cc3)c3ccccc3-c3ccccc3)cc21. The molecule has 0 aliphatic heterocycles. The van der Waals surface area contributed by atoms with Gasteiger partial charge < -0.3 is 4.90 Å². The van der Waals surface area contributed by atoms with Crippen molar-refractivity contribution in [1.82, 2.24) is 0 Å². The number of nitrogens with zero attached hydrogens (tertiary/aromatic N) is 1. The number of para-hydroxylation sites is 1. The summed E-state index contributed by atoms with van der Waals surface area (Å²) in [6.07, 6.45) is 0. The van der Waals surface area contributed by atoms with Crippen molar-refractivity contribution in [3.8, 4) is 44.5 Å². The Bertz CT molecular complexity index is 2490. The van der Waals surface area contributed by atoms with Crippen LogP contribution in [0.4, 0.5) is 17.1 Å². The number of hydrogen-bond acceptors (Lipinski definition) is 1. The third-order valence-corrected chi connectivity index (χ3v) is 10.5. The van der Waals surface area contributed by atoms with Gasteiger partial charge in [-0.05, 0) is 97.2 Å². The molecule has 0 fully saturated rings. The monoisotopic (exact) mass is 639 g/mol. The van der Waals surface area contributed by atoms with Crippen molar-refractivity contribution in [1.29, 1.82) is 0 Å². The first-order chi connectivity index (χ1) is 24.6. The van der Waals surface area contributed by atoms with Gasteiger partial charge in [-0.2, -0.15) is 0 Å². The molecule has 1 heteroatoms. The van der Waals surface area contributed by atoms with Gasteiger partial charge in [0.05, 0.1) is 5.69 Å². The molecule has 0 amide bonds. The van der Waals surface area contributed by atoms with E-state index in [0.717, 1.165) is 17.1 Å². The van der Waals surface area contributed by atoms with Gasteiger partial charge in [0.25, 0.3) is 0 Å². The van der Waals surface area contributed by atoms with Gasteiger partial charge in [-0.15, -0.1) is 0 Å². The molecule has 0 spiro atoms. The molecule has 50 heavy (non-hydrogen) atoms. The second kappa shape index (κ2) is 12.1. The predicted octanol–water partition coefficient (Wildman–Crippen LogP) is 13.6. The Morgan fingerprint density at radius 1 is 0.360 bits per heavy atom. The molecule has 0 aromatic heterocycles. The number of hydrogen-bond donors (Lipinski definition) is 0. The van der Waals surface area contributed by atoms with E-state index in [1.165, 1.54) is 66.4 Å². The van der Waals surface area contributed by atoms with Gasteiger partial charge in [-0.1, -0.05) is 166 Å². The summed E-state index contributed by atoms with van der Waals surface area (Å²) in [4.78, 5) is 2.43. The van der Waals surface area contributed by atoms with Crippen molar-refractivity contribution in [3.05, 3.63) is 199 Å². The number of anilines is 3. The quantitative estimate of drug-likeness (QED) is 0.175. The molecule has 0 unspecified atom stereocenters. The highest BCUT2D eigenvalue weighted by Gasteiger charge is 2.35. The third kappa shape index (κ3) is 5.02. The van der Waals surface area contributed by atoms with Gasteiger partial charge in [0.2, 0.25) is 0 Å². The fraction of sp³-hybridized carbons (Fsp3) is 0.0612. The van der Waals surface area contributed by atoms with Gasteiger partial charge in [0.1, 0.15) is 0 Å². The maximum Gasteiger partial charge on any atom is 0.0540 e. The molecule has 0 saturated carbocycles. The van der Waals surface area contributed by atoms with Crippen LogP contribution in [0.2, 0.25) is 0 Å². The minimum Gasteiger partial charge on any atom is -0.310 e. The van der Waals surface area contributed by atoms with E-state index in [9.17, 15) is 0 Å². The lowest BCUT2D eigenvalue weighted by molar-refractivity contribution is 0.660. The molecule has 238 valence electrons. The minimum atomic E-state index is -0.0939. The van der Waals surface area contributed by atoms with Crippen LogP contribution >= 0.6 is 0 Å². The van der Waals surface area contributed by atoms with E-state index in [0.29, 0.717) is 0 Å². The van der Waals surface area contributed by atoms with Gasteiger partial charge in [0, 0.05) is 22.4 Å². The molecular formula is C49H37N. The molecule has 0 heterocycles. The van der Waals surface area contributed by atoms with Crippen LogP contribution in [0.15, 0.2) is 188 Å². The molecule has 0 radical (unpaired) electrons. The summed E-state index contributed by atoms with van der Waals surface area (Å²) in [5.41, 5.74) is 16.0. The van der Waals surface area contributed by atoms with E-state index in [-0.39, 0.29) is 5.41 Å². The standard InChI is InChI=1S/C49H37N/c1-49(2)46-22-11-9-20-43(46)44-31-30-40(33-47(44)49)50(48-23-12-10-19-42(48)35-16-7-4-8-17-35)39-28-26-37(27-29-39)41-21-13-18-36-24-25-38(32-45(36)41)34-14-5-3-6-15-34/h3-33H,1-2H3. The molecule has 8 aromatic rings. The van der Waals surface area contributed by atoms with Crippen LogP contribution in [0.3, 0.4) is 0 Å². The van der Waals surface area contributed by atoms with E-state index in [4.69, 9.17) is 0 Å². The van der Waals surface area contributed by atoms with Crippen LogP contribution in [-0.4, -0.2) is 0 Å². The molecule has 0 atom stereocenters. The first-order valence-corrected chi connectivity index (χ1v) is 17.4. The van der Waals surface area contributed by atoms with Crippen molar-refractivity contribution >= 4 is 27.8 Å². The van der Waals surface area contributed by atoms with Crippen molar-refractivity contribution in [2.45, 2.75) is 19.3 Å². The maximum absolute atomic E-state index is 2.43. The Labute approximate surface area is 294 Å². The second-order valence-corrected chi connectivity index (χ2v) is 13.8. The van der Waals surface area contributed by atoms with Crippen LogP contribution in [0.25, 0.3) is 55.3 Å². The lowest BCUT2D eigenvalue weighted by Crippen LogP contribution is -2.16. The average molecular weight is 640 g/mol.